The lowest BCUT2D eigenvalue weighted by Gasteiger charge is -2.07. The van der Waals surface area contributed by atoms with Crippen LogP contribution in [-0.2, 0) is 11.3 Å². The third-order valence-electron chi connectivity index (χ3n) is 3.95. The van der Waals surface area contributed by atoms with E-state index in [4.69, 9.17) is 20.8 Å². The molecule has 0 aliphatic rings. The normalized spacial score (nSPS) is 10.9. The average Bonchev–Trinajstić information content (AvgIpc) is 3.15. The summed E-state index contributed by atoms with van der Waals surface area (Å²) in [6, 6.07) is 16.1. The van der Waals surface area contributed by atoms with Gasteiger partial charge in [-0.15, -0.1) is 10.2 Å². The predicted molar refractivity (Wildman–Crippen MR) is 100 cm³/mol. The Morgan fingerprint density at radius 2 is 1.89 bits per heavy atom. The van der Waals surface area contributed by atoms with Crippen LogP contribution in [0.15, 0.2) is 59.0 Å². The van der Waals surface area contributed by atoms with Gasteiger partial charge in [0.15, 0.2) is 6.61 Å². The van der Waals surface area contributed by atoms with Crippen LogP contribution in [0.25, 0.3) is 22.4 Å². The minimum absolute atomic E-state index is 0.116. The number of rotatable bonds is 4. The maximum absolute atomic E-state index is 12.5. The number of aromatic nitrogens is 3. The SMILES string of the molecule is Cc1cc(C(=O)OCc2nnc(-c3ccc(Cl)cc3)o2)c2ccccc2n1. The fourth-order valence-electron chi connectivity index (χ4n) is 2.70. The molecule has 2 aromatic carbocycles. The van der Waals surface area contributed by atoms with E-state index >= 15 is 0 Å². The molecule has 6 nitrogen and oxygen atoms in total. The van der Waals surface area contributed by atoms with Crippen molar-refractivity contribution < 1.29 is 13.9 Å². The van der Waals surface area contributed by atoms with E-state index in [9.17, 15) is 4.79 Å². The van der Waals surface area contributed by atoms with Crippen LogP contribution in [0.4, 0.5) is 0 Å². The van der Waals surface area contributed by atoms with E-state index in [1.807, 2.05) is 31.2 Å². The van der Waals surface area contributed by atoms with Gasteiger partial charge >= 0.3 is 5.97 Å². The van der Waals surface area contributed by atoms with E-state index in [1.54, 1.807) is 30.3 Å². The highest BCUT2D eigenvalue weighted by Crippen LogP contribution is 2.22. The van der Waals surface area contributed by atoms with Gasteiger partial charge in [-0.1, -0.05) is 29.8 Å². The van der Waals surface area contributed by atoms with Crippen LogP contribution in [-0.4, -0.2) is 21.2 Å². The molecule has 0 saturated carbocycles. The van der Waals surface area contributed by atoms with E-state index < -0.39 is 5.97 Å². The molecular formula is C20H14ClN3O3. The lowest BCUT2D eigenvalue weighted by atomic mass is 10.1. The Morgan fingerprint density at radius 3 is 2.70 bits per heavy atom. The molecule has 0 atom stereocenters. The molecular weight excluding hydrogens is 366 g/mol. The van der Waals surface area contributed by atoms with E-state index in [1.165, 1.54) is 0 Å². The standard InChI is InChI=1S/C20H14ClN3O3/c1-12-10-16(15-4-2-3-5-17(15)22-12)20(25)26-11-18-23-24-19(27-18)13-6-8-14(21)9-7-13/h2-10H,11H2,1H3. The highest BCUT2D eigenvalue weighted by atomic mass is 35.5. The Bertz CT molecular complexity index is 1120. The van der Waals surface area contributed by atoms with E-state index in [-0.39, 0.29) is 12.5 Å². The number of aryl methyl sites for hydroxylation is 1. The van der Waals surface area contributed by atoms with Crippen LogP contribution in [0, 0.1) is 6.92 Å². The molecule has 0 aliphatic carbocycles. The van der Waals surface area contributed by atoms with Crippen molar-refractivity contribution in [1.29, 1.82) is 0 Å². The van der Waals surface area contributed by atoms with Crippen molar-refractivity contribution in [2.24, 2.45) is 0 Å². The van der Waals surface area contributed by atoms with Gasteiger partial charge in [0.05, 0.1) is 11.1 Å². The van der Waals surface area contributed by atoms with Gasteiger partial charge in [0.1, 0.15) is 0 Å². The minimum Gasteiger partial charge on any atom is -0.452 e. The van der Waals surface area contributed by atoms with E-state index in [0.29, 0.717) is 16.5 Å². The van der Waals surface area contributed by atoms with Crippen LogP contribution in [0.3, 0.4) is 0 Å². The molecule has 2 heterocycles. The topological polar surface area (TPSA) is 78.1 Å². The molecule has 0 fully saturated rings. The summed E-state index contributed by atoms with van der Waals surface area (Å²) in [4.78, 5) is 17.0. The number of nitrogens with zero attached hydrogens (tertiary/aromatic N) is 3. The zero-order valence-electron chi connectivity index (χ0n) is 14.3. The van der Waals surface area contributed by atoms with Crippen LogP contribution in [0.5, 0.6) is 0 Å². The zero-order valence-corrected chi connectivity index (χ0v) is 15.1. The number of carbonyl (C=O) groups excluding carboxylic acids is 1. The van der Waals surface area contributed by atoms with Gasteiger partial charge in [-0.3, -0.25) is 4.98 Å². The first kappa shape index (κ1) is 17.2. The van der Waals surface area contributed by atoms with Crippen molar-refractivity contribution in [2.45, 2.75) is 13.5 Å². The predicted octanol–water partition coefficient (Wildman–Crippen LogP) is 4.60. The number of para-hydroxylation sites is 1. The van der Waals surface area contributed by atoms with Gasteiger partial charge < -0.3 is 9.15 Å². The molecule has 0 spiro atoms. The largest absolute Gasteiger partial charge is 0.452 e. The molecule has 134 valence electrons. The number of fused-ring (bicyclic) bond motifs is 1. The van der Waals surface area contributed by atoms with Gasteiger partial charge in [0.25, 0.3) is 5.89 Å². The first-order valence-corrected chi connectivity index (χ1v) is 8.60. The molecule has 0 amide bonds. The summed E-state index contributed by atoms with van der Waals surface area (Å²) in [5, 5.41) is 9.25. The first-order chi connectivity index (χ1) is 13.1. The fraction of sp³-hybridized carbons (Fsp3) is 0.100. The smallest absolute Gasteiger partial charge is 0.339 e. The van der Waals surface area contributed by atoms with Crippen LogP contribution in [0.1, 0.15) is 21.9 Å². The van der Waals surface area contributed by atoms with Crippen molar-refractivity contribution in [3.63, 3.8) is 0 Å². The van der Waals surface area contributed by atoms with Crippen molar-refractivity contribution in [3.05, 3.63) is 76.8 Å². The molecule has 0 N–H and O–H groups in total. The maximum Gasteiger partial charge on any atom is 0.339 e. The quantitative estimate of drug-likeness (QED) is 0.482. The summed E-state index contributed by atoms with van der Waals surface area (Å²) < 4.78 is 10.9. The maximum atomic E-state index is 12.5. The van der Waals surface area contributed by atoms with Gasteiger partial charge in [-0.25, -0.2) is 4.79 Å². The molecule has 27 heavy (non-hydrogen) atoms. The molecule has 0 radical (unpaired) electrons. The summed E-state index contributed by atoms with van der Waals surface area (Å²) in [5.41, 5.74) is 2.67. The zero-order chi connectivity index (χ0) is 18.8. The van der Waals surface area contributed by atoms with Gasteiger partial charge in [-0.2, -0.15) is 0 Å². The highest BCUT2D eigenvalue weighted by Gasteiger charge is 2.15. The molecule has 4 aromatic rings. The second-order valence-corrected chi connectivity index (χ2v) is 6.35. The highest BCUT2D eigenvalue weighted by molar-refractivity contribution is 6.30. The van der Waals surface area contributed by atoms with E-state index in [2.05, 4.69) is 15.2 Å². The monoisotopic (exact) mass is 379 g/mol. The van der Waals surface area contributed by atoms with Crippen LogP contribution < -0.4 is 0 Å². The Labute approximate surface area is 159 Å². The molecule has 0 aliphatic heterocycles. The van der Waals surface area contributed by atoms with Gasteiger partial charge in [-0.05, 0) is 43.3 Å². The Hall–Kier alpha value is -3.25. The van der Waals surface area contributed by atoms with E-state index in [0.717, 1.165) is 22.2 Å². The Balaban J connectivity index is 1.51. The summed E-state index contributed by atoms with van der Waals surface area (Å²) >= 11 is 5.87. The number of hydrogen-bond donors (Lipinski definition) is 0. The molecule has 4 rings (SSSR count). The van der Waals surface area contributed by atoms with Gasteiger partial charge in [0, 0.05) is 21.7 Å². The summed E-state index contributed by atoms with van der Waals surface area (Å²) in [5.74, 6) is 0.0780. The molecule has 0 saturated heterocycles. The number of benzene rings is 2. The lowest BCUT2D eigenvalue weighted by Crippen LogP contribution is -2.07. The molecule has 2 aromatic heterocycles. The molecule has 0 unspecified atom stereocenters. The average molecular weight is 380 g/mol. The lowest BCUT2D eigenvalue weighted by molar-refractivity contribution is 0.0441. The number of carbonyl (C=O) groups is 1. The number of esters is 1. The van der Waals surface area contributed by atoms with Crippen LogP contribution in [0.2, 0.25) is 5.02 Å². The van der Waals surface area contributed by atoms with Crippen molar-refractivity contribution in [2.75, 3.05) is 0 Å². The first-order valence-electron chi connectivity index (χ1n) is 8.22. The Kier molecular flexibility index (Phi) is 4.56. The van der Waals surface area contributed by atoms with Gasteiger partial charge in [0.2, 0.25) is 5.89 Å². The number of halogens is 1. The summed E-state index contributed by atoms with van der Waals surface area (Å²) in [7, 11) is 0. The summed E-state index contributed by atoms with van der Waals surface area (Å²) in [6.07, 6.45) is 0. The second kappa shape index (κ2) is 7.17. The van der Waals surface area contributed by atoms with Crippen molar-refractivity contribution in [1.82, 2.24) is 15.2 Å². The molecule has 7 heteroatoms. The number of ether oxygens (including phenoxy) is 1. The Morgan fingerprint density at radius 1 is 1.11 bits per heavy atom. The number of hydrogen-bond acceptors (Lipinski definition) is 6. The second-order valence-electron chi connectivity index (χ2n) is 5.91. The van der Waals surface area contributed by atoms with Crippen molar-refractivity contribution in [3.8, 4) is 11.5 Å². The summed E-state index contributed by atoms with van der Waals surface area (Å²) in [6.45, 7) is 1.72. The number of pyridine rings is 1. The third kappa shape index (κ3) is 3.66. The van der Waals surface area contributed by atoms with Crippen molar-refractivity contribution >= 4 is 28.5 Å². The molecule has 0 bridgehead atoms. The van der Waals surface area contributed by atoms with Crippen LogP contribution >= 0.6 is 11.6 Å². The minimum atomic E-state index is -0.469. The fourth-order valence-corrected chi connectivity index (χ4v) is 2.83. The third-order valence-corrected chi connectivity index (χ3v) is 4.20.